The van der Waals surface area contributed by atoms with E-state index in [0.29, 0.717) is 22.0 Å². The van der Waals surface area contributed by atoms with Crippen molar-refractivity contribution < 1.29 is 18.3 Å². The van der Waals surface area contributed by atoms with Gasteiger partial charge in [0.15, 0.2) is 9.84 Å². The van der Waals surface area contributed by atoms with Crippen LogP contribution < -0.4 is 10.9 Å². The molecule has 0 spiro atoms. The Morgan fingerprint density at radius 2 is 1.92 bits per heavy atom. The van der Waals surface area contributed by atoms with Gasteiger partial charge in [-0.25, -0.2) is 14.3 Å². The molecule has 1 heterocycles. The van der Waals surface area contributed by atoms with E-state index >= 15 is 0 Å². The number of nitrogens with zero attached hydrogens (tertiary/aromatic N) is 1. The Hall–Kier alpha value is -1.62. The van der Waals surface area contributed by atoms with Crippen molar-refractivity contribution in [3.05, 3.63) is 64.7 Å². The number of hydrazine groups is 1. The maximum Gasteiger partial charge on any atom is 0.320 e. The third-order valence-corrected chi connectivity index (χ3v) is 7.21. The summed E-state index contributed by atoms with van der Waals surface area (Å²) in [5.74, 6) is 4.75. The van der Waals surface area contributed by atoms with E-state index in [2.05, 4.69) is 0 Å². The van der Waals surface area contributed by atoms with E-state index in [1.54, 1.807) is 65.1 Å². The zero-order valence-corrected chi connectivity index (χ0v) is 17.0. The second kappa shape index (κ2) is 7.18. The number of sulfone groups is 1. The van der Waals surface area contributed by atoms with Crippen molar-refractivity contribution in [1.29, 1.82) is 0 Å². The molecular weight excluding hydrogens is 491 g/mol. The first-order chi connectivity index (χ1) is 12.2. The molecule has 6 nitrogen and oxygen atoms in total. The molecule has 0 amide bonds. The Labute approximate surface area is 169 Å². The van der Waals surface area contributed by atoms with E-state index in [-0.39, 0.29) is 10.5 Å². The van der Waals surface area contributed by atoms with E-state index in [9.17, 15) is 18.3 Å². The number of halogens is 2. The highest BCUT2D eigenvalue weighted by molar-refractivity contribution is 14.1. The topological polar surface area (TPSA) is 101 Å². The minimum atomic E-state index is -3.66. The quantitative estimate of drug-likeness (QED) is 0.287. The molecule has 2 aromatic rings. The number of hydrogen-bond acceptors (Lipinski definition) is 5. The molecule has 0 fully saturated rings. The zero-order chi connectivity index (χ0) is 19.1. The molecule has 2 aromatic carbocycles. The summed E-state index contributed by atoms with van der Waals surface area (Å²) in [6, 6.07) is 13.2. The van der Waals surface area contributed by atoms with Gasteiger partial charge in [-0.1, -0.05) is 58.5 Å². The standard InChI is InChI=1S/C17H14ClIN2O4S/c18-10-4-3-5-11(8-10)21(20)16-12-6-1-2-7-14(12)26(24,25)9-13(16)15(19)17(22)23/h1-8,15H,9,20H2,(H,22,23). The Kier molecular flexibility index (Phi) is 5.29. The minimum absolute atomic E-state index is 0.130. The highest BCUT2D eigenvalue weighted by Crippen LogP contribution is 2.39. The molecule has 3 N–H and O–H groups in total. The predicted molar refractivity (Wildman–Crippen MR) is 109 cm³/mol. The highest BCUT2D eigenvalue weighted by atomic mass is 127. The third-order valence-electron chi connectivity index (χ3n) is 3.98. The normalized spacial score (nSPS) is 16.7. The largest absolute Gasteiger partial charge is 0.480 e. The van der Waals surface area contributed by atoms with Crippen LogP contribution in [0.1, 0.15) is 5.56 Å². The maximum atomic E-state index is 12.7. The van der Waals surface area contributed by atoms with E-state index in [1.165, 1.54) is 11.1 Å². The van der Waals surface area contributed by atoms with Crippen molar-refractivity contribution >= 4 is 61.4 Å². The van der Waals surface area contributed by atoms with Gasteiger partial charge < -0.3 is 5.11 Å². The van der Waals surface area contributed by atoms with Gasteiger partial charge >= 0.3 is 5.97 Å². The van der Waals surface area contributed by atoms with Crippen LogP contribution in [-0.2, 0) is 14.6 Å². The molecule has 0 saturated carbocycles. The smallest absolute Gasteiger partial charge is 0.320 e. The fourth-order valence-corrected chi connectivity index (χ4v) is 5.49. The van der Waals surface area contributed by atoms with Crippen LogP contribution in [0.2, 0.25) is 5.02 Å². The minimum Gasteiger partial charge on any atom is -0.480 e. The molecule has 0 saturated heterocycles. The number of carboxylic acids is 1. The van der Waals surface area contributed by atoms with Crippen molar-refractivity contribution in [2.75, 3.05) is 10.8 Å². The summed E-state index contributed by atoms with van der Waals surface area (Å²) in [4.78, 5) is 11.7. The molecule has 0 radical (unpaired) electrons. The van der Waals surface area contributed by atoms with E-state index < -0.39 is 25.5 Å². The second-order valence-corrected chi connectivity index (χ2v) is 9.32. The predicted octanol–water partition coefficient (Wildman–Crippen LogP) is 3.11. The van der Waals surface area contributed by atoms with Gasteiger partial charge in [-0.2, -0.15) is 0 Å². The molecule has 1 aliphatic heterocycles. The van der Waals surface area contributed by atoms with Crippen molar-refractivity contribution in [1.82, 2.24) is 0 Å². The first-order valence-electron chi connectivity index (χ1n) is 7.45. The molecular formula is C17H14ClIN2O4S. The highest BCUT2D eigenvalue weighted by Gasteiger charge is 2.37. The first kappa shape index (κ1) is 19.2. The first-order valence-corrected chi connectivity index (χ1v) is 10.7. The van der Waals surface area contributed by atoms with Gasteiger partial charge in [-0.05, 0) is 29.8 Å². The number of rotatable bonds is 4. The number of carboxylic acid groups (broad SMARTS) is 1. The van der Waals surface area contributed by atoms with E-state index in [0.717, 1.165) is 0 Å². The molecule has 136 valence electrons. The van der Waals surface area contributed by atoms with Gasteiger partial charge in [0.25, 0.3) is 0 Å². The second-order valence-electron chi connectivity index (χ2n) is 5.68. The van der Waals surface area contributed by atoms with Crippen molar-refractivity contribution in [3.63, 3.8) is 0 Å². The van der Waals surface area contributed by atoms with Crippen molar-refractivity contribution in [2.24, 2.45) is 5.84 Å². The van der Waals surface area contributed by atoms with Gasteiger partial charge in [0, 0.05) is 10.6 Å². The summed E-state index contributed by atoms with van der Waals surface area (Å²) in [6.45, 7) is 0. The lowest BCUT2D eigenvalue weighted by atomic mass is 10.0. The lowest BCUT2D eigenvalue weighted by Crippen LogP contribution is -2.37. The van der Waals surface area contributed by atoms with Crippen LogP contribution in [-0.4, -0.2) is 29.2 Å². The van der Waals surface area contributed by atoms with Crippen LogP contribution in [0, 0.1) is 0 Å². The number of alkyl halides is 1. The number of nitrogens with two attached hydrogens (primary N) is 1. The van der Waals surface area contributed by atoms with Gasteiger partial charge in [-0.3, -0.25) is 9.80 Å². The SMILES string of the molecule is NN(C1=C(C(I)C(=O)O)CS(=O)(=O)c2ccccc21)c1cccc(Cl)c1. The van der Waals surface area contributed by atoms with Gasteiger partial charge in [-0.15, -0.1) is 0 Å². The van der Waals surface area contributed by atoms with Crippen LogP contribution >= 0.6 is 34.2 Å². The molecule has 0 bridgehead atoms. The number of aliphatic carboxylic acids is 1. The fraction of sp³-hybridized carbons (Fsp3) is 0.118. The number of fused-ring (bicyclic) bond motifs is 1. The fourth-order valence-electron chi connectivity index (χ4n) is 2.84. The monoisotopic (exact) mass is 504 g/mol. The lowest BCUT2D eigenvalue weighted by molar-refractivity contribution is -0.135. The molecule has 1 atom stereocenters. The van der Waals surface area contributed by atoms with Crippen LogP contribution in [0.25, 0.3) is 5.70 Å². The summed E-state index contributed by atoms with van der Waals surface area (Å²) < 4.78 is 24.3. The number of carbonyl (C=O) groups is 1. The summed E-state index contributed by atoms with van der Waals surface area (Å²) in [7, 11) is -3.66. The average molecular weight is 505 g/mol. The molecule has 26 heavy (non-hydrogen) atoms. The van der Waals surface area contributed by atoms with Crippen LogP contribution in [0.15, 0.2) is 59.0 Å². The van der Waals surface area contributed by atoms with Crippen molar-refractivity contribution in [2.45, 2.75) is 8.82 Å². The maximum absolute atomic E-state index is 12.7. The molecule has 0 aromatic heterocycles. The number of anilines is 1. The summed E-state index contributed by atoms with van der Waals surface area (Å²) in [6.07, 6.45) is 0. The van der Waals surface area contributed by atoms with Gasteiger partial charge in [0.2, 0.25) is 0 Å². The zero-order valence-electron chi connectivity index (χ0n) is 13.3. The Morgan fingerprint density at radius 3 is 2.58 bits per heavy atom. The number of benzene rings is 2. The van der Waals surface area contributed by atoms with Crippen LogP contribution in [0.4, 0.5) is 5.69 Å². The third kappa shape index (κ3) is 3.46. The van der Waals surface area contributed by atoms with E-state index in [1.807, 2.05) is 0 Å². The summed E-state index contributed by atoms with van der Waals surface area (Å²) in [5, 5.41) is 11.2. The Morgan fingerprint density at radius 1 is 1.23 bits per heavy atom. The molecule has 1 unspecified atom stereocenters. The van der Waals surface area contributed by atoms with Gasteiger partial charge in [0.1, 0.15) is 3.92 Å². The molecule has 9 heteroatoms. The lowest BCUT2D eigenvalue weighted by Gasteiger charge is -2.31. The summed E-state index contributed by atoms with van der Waals surface area (Å²) in [5.41, 5.74) is 1.48. The van der Waals surface area contributed by atoms with Gasteiger partial charge in [0.05, 0.1) is 22.0 Å². The van der Waals surface area contributed by atoms with Crippen LogP contribution in [0.5, 0.6) is 0 Å². The summed E-state index contributed by atoms with van der Waals surface area (Å²) >= 11 is 7.74. The van der Waals surface area contributed by atoms with Crippen LogP contribution in [0.3, 0.4) is 0 Å². The number of hydrogen-bond donors (Lipinski definition) is 2. The molecule has 3 rings (SSSR count). The van der Waals surface area contributed by atoms with Crippen molar-refractivity contribution in [3.8, 4) is 0 Å². The molecule has 0 aliphatic carbocycles. The average Bonchev–Trinajstić information content (AvgIpc) is 2.60. The molecule has 1 aliphatic rings. The Bertz CT molecular complexity index is 1020. The Balaban J connectivity index is 2.29. The van der Waals surface area contributed by atoms with E-state index in [4.69, 9.17) is 17.4 Å².